The molecule has 13 heavy (non-hydrogen) atoms. The zero-order valence-electron chi connectivity index (χ0n) is 6.26. The van der Waals surface area contributed by atoms with Crippen molar-refractivity contribution in [2.75, 3.05) is 0 Å². The topological polar surface area (TPSA) is 25.8 Å². The summed E-state index contributed by atoms with van der Waals surface area (Å²) in [5.74, 6) is 0. The molecule has 1 aromatic heterocycles. The second-order valence-electron chi connectivity index (χ2n) is 2.46. The minimum atomic E-state index is 0.205. The summed E-state index contributed by atoms with van der Waals surface area (Å²) in [4.78, 5) is 7.88. The fourth-order valence-corrected chi connectivity index (χ4v) is 2.06. The first-order valence-electron chi connectivity index (χ1n) is 3.44. The molecule has 1 aromatic carbocycles. The molecule has 0 bridgehead atoms. The van der Waals surface area contributed by atoms with Crippen LogP contribution in [-0.4, -0.2) is 9.97 Å². The van der Waals surface area contributed by atoms with E-state index in [1.807, 2.05) is 6.07 Å². The summed E-state index contributed by atoms with van der Waals surface area (Å²) < 4.78 is 0.899. The molecular weight excluding hydrogens is 275 g/mol. The summed E-state index contributed by atoms with van der Waals surface area (Å²) in [5, 5.41) is 1.63. The van der Waals surface area contributed by atoms with Crippen LogP contribution in [-0.2, 0) is 0 Å². The molecule has 0 saturated heterocycles. The molecule has 0 atom stereocenters. The zero-order valence-corrected chi connectivity index (χ0v) is 9.36. The smallest absolute Gasteiger partial charge is 0.222 e. The van der Waals surface area contributed by atoms with Gasteiger partial charge in [0.25, 0.3) is 0 Å². The number of aromatic nitrogens is 2. The van der Waals surface area contributed by atoms with Crippen LogP contribution in [0.25, 0.3) is 10.9 Å². The Labute approximate surface area is 93.0 Å². The van der Waals surface area contributed by atoms with Gasteiger partial charge in [0, 0.05) is 16.1 Å². The Bertz CT molecular complexity index is 473. The highest BCUT2D eigenvalue weighted by molar-refractivity contribution is 9.10. The highest BCUT2D eigenvalue weighted by Crippen LogP contribution is 2.26. The standard InChI is InChI=1S/C8H3BrCl2N2/c9-5-1-4-3-12-8(11)13-7(4)6(10)2-5/h1-3H. The Morgan fingerprint density at radius 3 is 2.77 bits per heavy atom. The fraction of sp³-hybridized carbons (Fsp3) is 0. The number of nitrogens with zero attached hydrogens (tertiary/aromatic N) is 2. The molecule has 5 heteroatoms. The van der Waals surface area contributed by atoms with E-state index in [4.69, 9.17) is 23.2 Å². The summed E-state index contributed by atoms with van der Waals surface area (Å²) in [6.07, 6.45) is 1.64. The molecule has 0 N–H and O–H groups in total. The van der Waals surface area contributed by atoms with E-state index < -0.39 is 0 Å². The maximum atomic E-state index is 5.96. The zero-order chi connectivity index (χ0) is 9.42. The highest BCUT2D eigenvalue weighted by atomic mass is 79.9. The molecule has 0 aliphatic heterocycles. The lowest BCUT2D eigenvalue weighted by Gasteiger charge is -2.00. The Morgan fingerprint density at radius 2 is 2.00 bits per heavy atom. The Morgan fingerprint density at radius 1 is 1.23 bits per heavy atom. The van der Waals surface area contributed by atoms with Crippen molar-refractivity contribution in [3.05, 3.63) is 33.1 Å². The van der Waals surface area contributed by atoms with Crippen molar-refractivity contribution < 1.29 is 0 Å². The van der Waals surface area contributed by atoms with Gasteiger partial charge >= 0.3 is 0 Å². The van der Waals surface area contributed by atoms with Crippen molar-refractivity contribution in [2.45, 2.75) is 0 Å². The van der Waals surface area contributed by atoms with E-state index in [1.165, 1.54) is 0 Å². The lowest BCUT2D eigenvalue weighted by Crippen LogP contribution is -1.84. The monoisotopic (exact) mass is 276 g/mol. The first kappa shape index (κ1) is 9.19. The number of benzene rings is 1. The molecule has 2 nitrogen and oxygen atoms in total. The van der Waals surface area contributed by atoms with Gasteiger partial charge < -0.3 is 0 Å². The second kappa shape index (κ2) is 3.40. The van der Waals surface area contributed by atoms with Crippen LogP contribution in [0, 0.1) is 0 Å². The largest absolute Gasteiger partial charge is 0.226 e. The SMILES string of the molecule is Clc1ncc2cc(Br)cc(Cl)c2n1. The number of rotatable bonds is 0. The van der Waals surface area contributed by atoms with Crippen molar-refractivity contribution in [1.82, 2.24) is 9.97 Å². The van der Waals surface area contributed by atoms with Crippen LogP contribution in [0.15, 0.2) is 22.8 Å². The van der Waals surface area contributed by atoms with Crippen molar-refractivity contribution in [2.24, 2.45) is 0 Å². The van der Waals surface area contributed by atoms with Crippen molar-refractivity contribution in [3.63, 3.8) is 0 Å². The molecule has 0 spiro atoms. The average molecular weight is 278 g/mol. The minimum Gasteiger partial charge on any atom is -0.226 e. The highest BCUT2D eigenvalue weighted by Gasteiger charge is 2.03. The van der Waals surface area contributed by atoms with Gasteiger partial charge in [-0.3, -0.25) is 0 Å². The molecule has 0 aliphatic rings. The predicted octanol–water partition coefficient (Wildman–Crippen LogP) is 3.70. The summed E-state index contributed by atoms with van der Waals surface area (Å²) >= 11 is 14.9. The van der Waals surface area contributed by atoms with Crippen LogP contribution in [0.1, 0.15) is 0 Å². The van der Waals surface area contributed by atoms with E-state index in [1.54, 1.807) is 12.3 Å². The van der Waals surface area contributed by atoms with E-state index >= 15 is 0 Å². The van der Waals surface area contributed by atoms with Gasteiger partial charge in [0.2, 0.25) is 5.28 Å². The molecule has 1 heterocycles. The third-order valence-electron chi connectivity index (χ3n) is 1.57. The third kappa shape index (κ3) is 1.77. The quantitative estimate of drug-likeness (QED) is 0.686. The number of halogens is 3. The Balaban J connectivity index is 2.87. The van der Waals surface area contributed by atoms with Crippen LogP contribution in [0.3, 0.4) is 0 Å². The van der Waals surface area contributed by atoms with Crippen LogP contribution < -0.4 is 0 Å². The van der Waals surface area contributed by atoms with Gasteiger partial charge in [-0.05, 0) is 23.7 Å². The van der Waals surface area contributed by atoms with Gasteiger partial charge in [0.05, 0.1) is 10.5 Å². The predicted molar refractivity (Wildman–Crippen MR) is 57.3 cm³/mol. The maximum absolute atomic E-state index is 5.96. The van der Waals surface area contributed by atoms with E-state index in [2.05, 4.69) is 25.9 Å². The van der Waals surface area contributed by atoms with Crippen LogP contribution in [0.2, 0.25) is 10.3 Å². The van der Waals surface area contributed by atoms with Gasteiger partial charge in [-0.1, -0.05) is 27.5 Å². The lowest BCUT2D eigenvalue weighted by molar-refractivity contribution is 1.22. The number of hydrogen-bond acceptors (Lipinski definition) is 2. The number of fused-ring (bicyclic) bond motifs is 1. The fourth-order valence-electron chi connectivity index (χ4n) is 1.05. The molecular formula is C8H3BrCl2N2. The molecule has 0 radical (unpaired) electrons. The average Bonchev–Trinajstić information content (AvgIpc) is 2.06. The maximum Gasteiger partial charge on any atom is 0.222 e. The molecule has 66 valence electrons. The third-order valence-corrected chi connectivity index (χ3v) is 2.50. The van der Waals surface area contributed by atoms with Gasteiger partial charge in [-0.25, -0.2) is 9.97 Å². The molecule has 2 rings (SSSR count). The van der Waals surface area contributed by atoms with Gasteiger partial charge in [0.1, 0.15) is 0 Å². The van der Waals surface area contributed by atoms with Gasteiger partial charge in [-0.2, -0.15) is 0 Å². The minimum absolute atomic E-state index is 0.205. The van der Waals surface area contributed by atoms with Gasteiger partial charge in [0.15, 0.2) is 0 Å². The van der Waals surface area contributed by atoms with Crippen LogP contribution in [0.5, 0.6) is 0 Å². The van der Waals surface area contributed by atoms with Crippen LogP contribution >= 0.6 is 39.1 Å². The lowest BCUT2D eigenvalue weighted by atomic mass is 10.2. The Hall–Kier alpha value is -0.380. The van der Waals surface area contributed by atoms with Crippen LogP contribution in [0.4, 0.5) is 0 Å². The molecule has 0 amide bonds. The first-order valence-corrected chi connectivity index (χ1v) is 4.99. The molecule has 0 saturated carbocycles. The van der Waals surface area contributed by atoms with E-state index in [-0.39, 0.29) is 5.28 Å². The molecule has 0 fully saturated rings. The number of hydrogen-bond donors (Lipinski definition) is 0. The van der Waals surface area contributed by atoms with E-state index in [9.17, 15) is 0 Å². The normalized spacial score (nSPS) is 10.7. The van der Waals surface area contributed by atoms with Crippen molar-refractivity contribution in [3.8, 4) is 0 Å². The van der Waals surface area contributed by atoms with Crippen molar-refractivity contribution >= 4 is 50.0 Å². The van der Waals surface area contributed by atoms with E-state index in [0.29, 0.717) is 10.5 Å². The van der Waals surface area contributed by atoms with Crippen molar-refractivity contribution in [1.29, 1.82) is 0 Å². The molecule has 2 aromatic rings. The summed E-state index contributed by atoms with van der Waals surface area (Å²) in [5.41, 5.74) is 0.671. The first-order chi connectivity index (χ1) is 6.16. The Kier molecular flexibility index (Phi) is 2.41. The molecule has 0 unspecified atom stereocenters. The summed E-state index contributed by atoms with van der Waals surface area (Å²) in [6.45, 7) is 0. The van der Waals surface area contributed by atoms with Gasteiger partial charge in [-0.15, -0.1) is 0 Å². The second-order valence-corrected chi connectivity index (χ2v) is 4.13. The summed E-state index contributed by atoms with van der Waals surface area (Å²) in [7, 11) is 0. The molecule has 0 aliphatic carbocycles. The van der Waals surface area contributed by atoms with E-state index in [0.717, 1.165) is 9.86 Å². The summed E-state index contributed by atoms with van der Waals surface area (Å²) in [6, 6.07) is 3.66.